The fourth-order valence-corrected chi connectivity index (χ4v) is 1.48. The smallest absolute Gasteiger partial charge is 0.404 e. The predicted molar refractivity (Wildman–Crippen MR) is 52.9 cm³/mol. The molecule has 1 rings (SSSR count). The van der Waals surface area contributed by atoms with E-state index in [4.69, 9.17) is 16.9 Å². The van der Waals surface area contributed by atoms with Gasteiger partial charge in [0, 0.05) is 5.56 Å². The zero-order valence-electron chi connectivity index (χ0n) is 8.43. The number of benzene rings is 1. The summed E-state index contributed by atoms with van der Waals surface area (Å²) in [6, 6.07) is 3.43. The summed E-state index contributed by atoms with van der Waals surface area (Å²) in [6.07, 6.45) is -4.92. The van der Waals surface area contributed by atoms with Crippen molar-refractivity contribution >= 4 is 17.4 Å². The Hall–Kier alpha value is -1.74. The molecule has 0 unspecified atom stereocenters. The van der Waals surface area contributed by atoms with Gasteiger partial charge in [-0.2, -0.15) is 5.26 Å². The van der Waals surface area contributed by atoms with Crippen molar-refractivity contribution in [1.82, 2.24) is 0 Å². The normalized spacial score (nSPS) is 10.8. The highest BCUT2D eigenvalue weighted by atomic mass is 35.5. The molecule has 0 aromatic heterocycles. The van der Waals surface area contributed by atoms with Crippen LogP contribution in [0.5, 0.6) is 5.75 Å². The van der Waals surface area contributed by atoms with Gasteiger partial charge in [-0.25, -0.2) is 0 Å². The molecule has 0 bridgehead atoms. The fourth-order valence-electron chi connectivity index (χ4n) is 1.14. The maximum Gasteiger partial charge on any atom is 0.573 e. The molecule has 0 aliphatic rings. The first-order valence-corrected chi connectivity index (χ1v) is 4.63. The molecule has 90 valence electrons. The van der Waals surface area contributed by atoms with Crippen LogP contribution < -0.4 is 4.74 Å². The minimum atomic E-state index is -4.92. The van der Waals surface area contributed by atoms with E-state index in [-0.39, 0.29) is 10.6 Å². The van der Waals surface area contributed by atoms with E-state index in [1.165, 1.54) is 13.0 Å². The van der Waals surface area contributed by atoms with Crippen molar-refractivity contribution in [2.24, 2.45) is 0 Å². The van der Waals surface area contributed by atoms with Crippen LogP contribution in [0.3, 0.4) is 0 Å². The number of ether oxygens (including phenoxy) is 1. The summed E-state index contributed by atoms with van der Waals surface area (Å²) in [5, 5.41) is 8.36. The number of carbonyl (C=O) groups is 1. The van der Waals surface area contributed by atoms with Gasteiger partial charge >= 0.3 is 6.36 Å². The van der Waals surface area contributed by atoms with Crippen LogP contribution in [0.4, 0.5) is 13.2 Å². The number of nitriles is 1. The monoisotopic (exact) mass is 263 g/mol. The molecule has 0 atom stereocenters. The van der Waals surface area contributed by atoms with Gasteiger partial charge in [0.2, 0.25) is 0 Å². The van der Waals surface area contributed by atoms with Crippen LogP contribution in [0.15, 0.2) is 12.1 Å². The Morgan fingerprint density at radius 1 is 1.47 bits per heavy atom. The van der Waals surface area contributed by atoms with Gasteiger partial charge in [0.05, 0.1) is 5.02 Å². The first kappa shape index (κ1) is 13.3. The van der Waals surface area contributed by atoms with E-state index in [1.54, 1.807) is 0 Å². The number of hydrogen-bond acceptors (Lipinski definition) is 3. The highest BCUT2D eigenvalue weighted by Crippen LogP contribution is 2.32. The summed E-state index contributed by atoms with van der Waals surface area (Å²) in [4.78, 5) is 11.1. The summed E-state index contributed by atoms with van der Waals surface area (Å²) in [7, 11) is 0. The molecule has 0 radical (unpaired) electrons. The number of ketones is 1. The maximum absolute atomic E-state index is 12.0. The minimum absolute atomic E-state index is 0.0299. The molecule has 0 heterocycles. The summed E-state index contributed by atoms with van der Waals surface area (Å²) in [6.45, 7) is 1.19. The first-order chi connectivity index (χ1) is 7.76. The number of carbonyl (C=O) groups excluding carboxylic acids is 1. The Kier molecular flexibility index (Phi) is 3.63. The Morgan fingerprint density at radius 3 is 2.47 bits per heavy atom. The Labute approximate surface area is 99.4 Å². The summed E-state index contributed by atoms with van der Waals surface area (Å²) >= 11 is 5.65. The molecular weight excluding hydrogens is 259 g/mol. The van der Waals surface area contributed by atoms with E-state index in [0.29, 0.717) is 0 Å². The van der Waals surface area contributed by atoms with Crippen LogP contribution in [0, 0.1) is 11.3 Å². The molecule has 0 aliphatic carbocycles. The molecule has 0 fully saturated rings. The zero-order chi connectivity index (χ0) is 13.2. The lowest BCUT2D eigenvalue weighted by atomic mass is 10.1. The molecule has 1 aromatic carbocycles. The van der Waals surface area contributed by atoms with Crippen LogP contribution in [-0.4, -0.2) is 12.1 Å². The zero-order valence-corrected chi connectivity index (χ0v) is 9.19. The number of alkyl halides is 3. The third kappa shape index (κ3) is 3.11. The minimum Gasteiger partial charge on any atom is -0.404 e. The SMILES string of the molecule is CC(=O)c1ccc(OC(F)(F)F)c(C#N)c1Cl. The first-order valence-electron chi connectivity index (χ1n) is 4.25. The molecule has 0 saturated heterocycles. The number of halogens is 4. The lowest BCUT2D eigenvalue weighted by molar-refractivity contribution is -0.274. The number of rotatable bonds is 2. The number of hydrogen-bond donors (Lipinski definition) is 0. The van der Waals surface area contributed by atoms with Gasteiger partial charge in [-0.3, -0.25) is 4.79 Å². The quantitative estimate of drug-likeness (QED) is 0.769. The number of nitrogens with zero attached hydrogens (tertiary/aromatic N) is 1. The van der Waals surface area contributed by atoms with Crippen LogP contribution in [0.25, 0.3) is 0 Å². The van der Waals surface area contributed by atoms with Crippen LogP contribution in [-0.2, 0) is 0 Å². The van der Waals surface area contributed by atoms with Crippen molar-refractivity contribution < 1.29 is 22.7 Å². The van der Waals surface area contributed by atoms with Gasteiger partial charge in [0.25, 0.3) is 0 Å². The van der Waals surface area contributed by atoms with Gasteiger partial charge < -0.3 is 4.74 Å². The lowest BCUT2D eigenvalue weighted by Crippen LogP contribution is -2.18. The molecule has 17 heavy (non-hydrogen) atoms. The van der Waals surface area contributed by atoms with E-state index in [2.05, 4.69) is 4.74 Å². The molecule has 1 aromatic rings. The van der Waals surface area contributed by atoms with Gasteiger partial charge in [-0.05, 0) is 19.1 Å². The topological polar surface area (TPSA) is 50.1 Å². The van der Waals surface area contributed by atoms with Crippen molar-refractivity contribution in [2.45, 2.75) is 13.3 Å². The van der Waals surface area contributed by atoms with Crippen LogP contribution in [0.1, 0.15) is 22.8 Å². The van der Waals surface area contributed by atoms with E-state index in [0.717, 1.165) is 12.1 Å². The van der Waals surface area contributed by atoms with Crippen LogP contribution in [0.2, 0.25) is 5.02 Å². The van der Waals surface area contributed by atoms with Gasteiger partial charge in [0.15, 0.2) is 5.78 Å². The highest BCUT2D eigenvalue weighted by Gasteiger charge is 2.33. The van der Waals surface area contributed by atoms with E-state index in [9.17, 15) is 18.0 Å². The van der Waals surface area contributed by atoms with Crippen LogP contribution >= 0.6 is 11.6 Å². The number of Topliss-reactive ketones (excluding diaryl/α,β-unsaturated/α-hetero) is 1. The summed E-state index contributed by atoms with van der Waals surface area (Å²) < 4.78 is 39.6. The Morgan fingerprint density at radius 2 is 2.06 bits per heavy atom. The molecule has 3 nitrogen and oxygen atoms in total. The molecule has 0 saturated carbocycles. The standard InChI is InChI=1S/C10H5ClF3NO2/c1-5(16)6-2-3-8(17-10(12,13)14)7(4-15)9(6)11/h2-3H,1H3. The van der Waals surface area contributed by atoms with Crippen molar-refractivity contribution in [3.63, 3.8) is 0 Å². The highest BCUT2D eigenvalue weighted by molar-refractivity contribution is 6.35. The van der Waals surface area contributed by atoms with E-state index in [1.807, 2.05) is 0 Å². The van der Waals surface area contributed by atoms with Crippen molar-refractivity contribution in [3.8, 4) is 11.8 Å². The third-order valence-corrected chi connectivity index (χ3v) is 2.21. The molecule has 0 spiro atoms. The lowest BCUT2D eigenvalue weighted by Gasteiger charge is -2.12. The van der Waals surface area contributed by atoms with Crippen molar-refractivity contribution in [1.29, 1.82) is 5.26 Å². The molecule has 0 N–H and O–H groups in total. The second kappa shape index (κ2) is 4.63. The molecule has 0 aliphatic heterocycles. The van der Waals surface area contributed by atoms with E-state index < -0.39 is 23.5 Å². The Bertz CT molecular complexity index is 505. The predicted octanol–water partition coefficient (Wildman–Crippen LogP) is 3.31. The average Bonchev–Trinajstić information content (AvgIpc) is 2.15. The molecular formula is C10H5ClF3NO2. The van der Waals surface area contributed by atoms with Gasteiger partial charge in [-0.1, -0.05) is 11.6 Å². The molecule has 0 amide bonds. The second-order valence-electron chi connectivity index (χ2n) is 3.02. The second-order valence-corrected chi connectivity index (χ2v) is 3.39. The largest absolute Gasteiger partial charge is 0.573 e. The van der Waals surface area contributed by atoms with Gasteiger partial charge in [-0.15, -0.1) is 13.2 Å². The van der Waals surface area contributed by atoms with Gasteiger partial charge in [0.1, 0.15) is 17.4 Å². The van der Waals surface area contributed by atoms with Crippen molar-refractivity contribution in [3.05, 3.63) is 28.3 Å². The Balaban J connectivity index is 3.33. The van der Waals surface area contributed by atoms with Crippen molar-refractivity contribution in [2.75, 3.05) is 0 Å². The summed E-state index contributed by atoms with van der Waals surface area (Å²) in [5.74, 6) is -1.18. The fraction of sp³-hybridized carbons (Fsp3) is 0.200. The average molecular weight is 264 g/mol. The third-order valence-electron chi connectivity index (χ3n) is 1.82. The van der Waals surface area contributed by atoms with E-state index >= 15 is 0 Å². The summed E-state index contributed by atoms with van der Waals surface area (Å²) in [5.41, 5.74) is -0.547. The molecule has 7 heteroatoms. The maximum atomic E-state index is 12.0.